The molecular weight excluding hydrogens is 400 g/mol. The van der Waals surface area contributed by atoms with Crippen LogP contribution in [-0.4, -0.2) is 28.7 Å². The summed E-state index contributed by atoms with van der Waals surface area (Å²) >= 11 is 0. The smallest absolute Gasteiger partial charge is 0.179 e. The van der Waals surface area contributed by atoms with Crippen molar-refractivity contribution in [1.82, 2.24) is 14.9 Å². The minimum absolute atomic E-state index is 0.238. The molecule has 0 saturated carbocycles. The van der Waals surface area contributed by atoms with E-state index >= 15 is 0 Å². The molecule has 0 aliphatic heterocycles. The molecule has 3 N–H and O–H groups in total. The van der Waals surface area contributed by atoms with Crippen LogP contribution in [0.3, 0.4) is 0 Å². The van der Waals surface area contributed by atoms with Gasteiger partial charge in [-0.2, -0.15) is 0 Å². The first-order valence-corrected chi connectivity index (χ1v) is 11.0. The maximum absolute atomic E-state index is 12.1. The van der Waals surface area contributed by atoms with Crippen LogP contribution in [0.5, 0.6) is 0 Å². The van der Waals surface area contributed by atoms with Crippen LogP contribution in [0.25, 0.3) is 21.7 Å². The van der Waals surface area contributed by atoms with Gasteiger partial charge in [0.05, 0.1) is 5.69 Å². The Hall–Kier alpha value is -3.51. The van der Waals surface area contributed by atoms with Gasteiger partial charge in [0.15, 0.2) is 5.78 Å². The fourth-order valence-electron chi connectivity index (χ4n) is 4.48. The fourth-order valence-corrected chi connectivity index (χ4v) is 4.48. The summed E-state index contributed by atoms with van der Waals surface area (Å²) < 4.78 is 2.08. The average molecular weight is 429 g/mol. The number of nitrogens with one attached hydrogen (secondary N) is 1. The van der Waals surface area contributed by atoms with E-state index in [4.69, 9.17) is 5.73 Å². The van der Waals surface area contributed by atoms with Gasteiger partial charge in [0.25, 0.3) is 0 Å². The molecule has 0 saturated heterocycles. The predicted molar refractivity (Wildman–Crippen MR) is 129 cm³/mol. The van der Waals surface area contributed by atoms with Crippen LogP contribution >= 0.6 is 0 Å². The van der Waals surface area contributed by atoms with E-state index in [1.807, 2.05) is 31.3 Å². The molecule has 2 heterocycles. The number of aryl methyl sites for hydroxylation is 2. The number of benzene rings is 2. The fraction of sp³-hybridized carbons (Fsp3) is 0.269. The first kappa shape index (κ1) is 21.7. The monoisotopic (exact) mass is 428 g/mol. The topological polar surface area (TPSA) is 90.0 Å². The Labute approximate surface area is 187 Å². The third-order valence-electron chi connectivity index (χ3n) is 5.93. The van der Waals surface area contributed by atoms with Crippen molar-refractivity contribution >= 4 is 39.6 Å². The Kier molecular flexibility index (Phi) is 6.32. The van der Waals surface area contributed by atoms with Crippen LogP contribution < -0.4 is 11.1 Å². The lowest BCUT2D eigenvalue weighted by Gasteiger charge is -2.13. The molecule has 2 aromatic carbocycles. The number of nitrogen functional groups attached to an aromatic ring is 1. The number of nitrogens with zero attached hydrogens (tertiary/aromatic N) is 2. The van der Waals surface area contributed by atoms with Gasteiger partial charge >= 0.3 is 0 Å². The Morgan fingerprint density at radius 2 is 1.97 bits per heavy atom. The highest BCUT2D eigenvalue weighted by atomic mass is 16.1. The van der Waals surface area contributed by atoms with Crippen LogP contribution in [0.4, 0.5) is 5.82 Å². The van der Waals surface area contributed by atoms with Gasteiger partial charge in [-0.25, -0.2) is 4.98 Å². The normalized spacial score (nSPS) is 13.0. The molecule has 0 amide bonds. The molecule has 6 heteroatoms. The van der Waals surface area contributed by atoms with Gasteiger partial charge in [-0.1, -0.05) is 12.1 Å². The molecule has 0 bridgehead atoms. The lowest BCUT2D eigenvalue weighted by atomic mass is 9.94. The molecule has 1 aliphatic carbocycles. The van der Waals surface area contributed by atoms with E-state index in [-0.39, 0.29) is 5.78 Å². The summed E-state index contributed by atoms with van der Waals surface area (Å²) in [6.45, 7) is 3.71. The zero-order valence-electron chi connectivity index (χ0n) is 18.5. The molecule has 0 radical (unpaired) electrons. The van der Waals surface area contributed by atoms with Crippen molar-refractivity contribution in [2.24, 2.45) is 0 Å². The van der Waals surface area contributed by atoms with Crippen molar-refractivity contribution in [2.75, 3.05) is 12.8 Å². The highest BCUT2D eigenvalue weighted by Crippen LogP contribution is 2.32. The van der Waals surface area contributed by atoms with Gasteiger partial charge in [-0.3, -0.25) is 9.59 Å². The van der Waals surface area contributed by atoms with Crippen LogP contribution in [0.1, 0.15) is 51.7 Å². The van der Waals surface area contributed by atoms with Gasteiger partial charge in [0.1, 0.15) is 12.1 Å². The minimum atomic E-state index is 0.238. The van der Waals surface area contributed by atoms with Crippen LogP contribution in [-0.2, 0) is 19.5 Å². The van der Waals surface area contributed by atoms with Gasteiger partial charge in [0.2, 0.25) is 0 Å². The number of Topliss-reactive ketones (excluding diaryl/α,β-unsaturated/α-hetero) is 1. The molecule has 0 spiro atoms. The molecule has 2 aromatic heterocycles. The number of ketones is 1. The second-order valence-corrected chi connectivity index (χ2v) is 8.06. The zero-order valence-corrected chi connectivity index (χ0v) is 18.5. The number of hydrogen-bond donors (Lipinski definition) is 2. The van der Waals surface area contributed by atoms with Crippen LogP contribution in [0, 0.1) is 0 Å². The number of fused-ring (bicyclic) bond motifs is 4. The SMILES string of the molecule is CCn1c2c(c3cc(C=O)ccc31)CCCC2=O.CNCc1ccc2cnc(N)cc2c1. The largest absolute Gasteiger partial charge is 0.384 e. The molecule has 4 aromatic rings. The number of aldehydes is 1. The Balaban J connectivity index is 0.000000158. The van der Waals surface area contributed by atoms with Gasteiger partial charge in [-0.15, -0.1) is 0 Å². The molecule has 164 valence electrons. The van der Waals surface area contributed by atoms with Gasteiger partial charge < -0.3 is 15.6 Å². The molecule has 5 rings (SSSR count). The van der Waals surface area contributed by atoms with Crippen molar-refractivity contribution in [2.45, 2.75) is 39.3 Å². The van der Waals surface area contributed by atoms with Crippen molar-refractivity contribution < 1.29 is 9.59 Å². The first-order valence-electron chi connectivity index (χ1n) is 11.0. The van der Waals surface area contributed by atoms with Gasteiger partial charge in [-0.05, 0) is 73.7 Å². The summed E-state index contributed by atoms with van der Waals surface area (Å²) in [5.74, 6) is 0.807. The Morgan fingerprint density at radius 3 is 2.72 bits per heavy atom. The average Bonchev–Trinajstić information content (AvgIpc) is 3.13. The van der Waals surface area contributed by atoms with E-state index in [0.717, 1.165) is 65.2 Å². The Bertz CT molecular complexity index is 1310. The number of rotatable bonds is 4. The molecule has 32 heavy (non-hydrogen) atoms. The van der Waals surface area contributed by atoms with E-state index in [2.05, 4.69) is 40.0 Å². The maximum Gasteiger partial charge on any atom is 0.179 e. The maximum atomic E-state index is 12.1. The summed E-state index contributed by atoms with van der Waals surface area (Å²) in [5.41, 5.74) is 10.6. The number of carbonyl (C=O) groups is 2. The molecule has 0 unspecified atom stereocenters. The number of hydrogen-bond acceptors (Lipinski definition) is 5. The quantitative estimate of drug-likeness (QED) is 0.466. The summed E-state index contributed by atoms with van der Waals surface area (Å²) in [6.07, 6.45) is 5.16. The first-order chi connectivity index (χ1) is 15.5. The Morgan fingerprint density at radius 1 is 1.12 bits per heavy atom. The standard InChI is InChI=1S/C15H15NO2.C11H13N3/c1-2-16-13-7-6-10(9-17)8-12(13)11-4-3-5-14(18)15(11)16;1-13-6-8-2-3-9-7-14-11(12)5-10(9)4-8/h6-9H,2-5H2,1H3;2-5,7,13H,6H2,1H3,(H2,12,14). The highest BCUT2D eigenvalue weighted by Gasteiger charge is 2.25. The molecule has 0 atom stereocenters. The molecule has 6 nitrogen and oxygen atoms in total. The lowest BCUT2D eigenvalue weighted by Crippen LogP contribution is -2.14. The van der Waals surface area contributed by atoms with Crippen molar-refractivity contribution in [3.63, 3.8) is 0 Å². The van der Waals surface area contributed by atoms with Crippen molar-refractivity contribution in [1.29, 1.82) is 0 Å². The minimum Gasteiger partial charge on any atom is -0.384 e. The summed E-state index contributed by atoms with van der Waals surface area (Å²) in [7, 11) is 1.94. The van der Waals surface area contributed by atoms with Crippen molar-refractivity contribution in [3.05, 3.63) is 71.0 Å². The highest BCUT2D eigenvalue weighted by molar-refractivity contribution is 6.04. The van der Waals surface area contributed by atoms with E-state index < -0.39 is 0 Å². The second kappa shape index (κ2) is 9.32. The third-order valence-corrected chi connectivity index (χ3v) is 5.93. The van der Waals surface area contributed by atoms with E-state index in [0.29, 0.717) is 17.8 Å². The summed E-state index contributed by atoms with van der Waals surface area (Å²) in [6, 6.07) is 13.9. The number of pyridine rings is 1. The molecular formula is C26H28N4O2. The number of aromatic nitrogens is 2. The third kappa shape index (κ3) is 4.14. The lowest BCUT2D eigenvalue weighted by molar-refractivity contribution is 0.0963. The number of nitrogens with two attached hydrogens (primary N) is 1. The molecule has 0 fully saturated rings. The summed E-state index contributed by atoms with van der Waals surface area (Å²) in [5, 5.41) is 6.46. The number of anilines is 1. The predicted octanol–water partition coefficient (Wildman–Crippen LogP) is 4.53. The zero-order chi connectivity index (χ0) is 22.7. The number of carbonyl (C=O) groups excluding carboxylic acids is 2. The molecule has 1 aliphatic rings. The van der Waals surface area contributed by atoms with E-state index in [1.165, 1.54) is 5.56 Å². The van der Waals surface area contributed by atoms with Gasteiger partial charge in [0, 0.05) is 47.6 Å². The second-order valence-electron chi connectivity index (χ2n) is 8.06. The van der Waals surface area contributed by atoms with E-state index in [9.17, 15) is 9.59 Å². The van der Waals surface area contributed by atoms with Crippen molar-refractivity contribution in [3.8, 4) is 0 Å². The van der Waals surface area contributed by atoms with Crippen LogP contribution in [0.15, 0.2) is 48.7 Å². The summed E-state index contributed by atoms with van der Waals surface area (Å²) in [4.78, 5) is 27.0. The van der Waals surface area contributed by atoms with Crippen LogP contribution in [0.2, 0.25) is 0 Å². The van der Waals surface area contributed by atoms with E-state index in [1.54, 1.807) is 6.20 Å².